The summed E-state index contributed by atoms with van der Waals surface area (Å²) < 4.78 is 30.3. The lowest BCUT2D eigenvalue weighted by Crippen LogP contribution is -1.97. The standard InChI is InChI=1S/C11H8F2O2/c1-15-11(14)7-2-4-8-9(12)5-3-6-10(8)13/h3,5-6H,7H2,1H3. The highest BCUT2D eigenvalue weighted by Gasteiger charge is 2.04. The van der Waals surface area contributed by atoms with Crippen LogP contribution < -0.4 is 0 Å². The highest BCUT2D eigenvalue weighted by atomic mass is 19.1. The predicted molar refractivity (Wildman–Crippen MR) is 49.9 cm³/mol. The van der Waals surface area contributed by atoms with E-state index < -0.39 is 17.6 Å². The predicted octanol–water partition coefficient (Wildman–Crippen LogP) is 1.88. The topological polar surface area (TPSA) is 26.3 Å². The molecule has 2 nitrogen and oxygen atoms in total. The number of rotatable bonds is 1. The molecule has 15 heavy (non-hydrogen) atoms. The van der Waals surface area contributed by atoms with Gasteiger partial charge < -0.3 is 4.74 Å². The number of halogens is 2. The first-order valence-corrected chi connectivity index (χ1v) is 4.15. The van der Waals surface area contributed by atoms with E-state index in [9.17, 15) is 13.6 Å². The third-order valence-corrected chi connectivity index (χ3v) is 1.64. The summed E-state index contributed by atoms with van der Waals surface area (Å²) >= 11 is 0. The summed E-state index contributed by atoms with van der Waals surface area (Å²) in [6, 6.07) is 3.45. The summed E-state index contributed by atoms with van der Waals surface area (Å²) in [7, 11) is 1.22. The van der Waals surface area contributed by atoms with Gasteiger partial charge in [0.05, 0.1) is 12.7 Å². The van der Waals surface area contributed by atoms with Gasteiger partial charge in [-0.25, -0.2) is 8.78 Å². The highest BCUT2D eigenvalue weighted by molar-refractivity contribution is 5.72. The zero-order valence-corrected chi connectivity index (χ0v) is 8.01. The van der Waals surface area contributed by atoms with Crippen LogP contribution in [0.15, 0.2) is 18.2 Å². The Kier molecular flexibility index (Phi) is 3.81. The fourth-order valence-corrected chi connectivity index (χ4v) is 0.894. The van der Waals surface area contributed by atoms with Gasteiger partial charge in [-0.05, 0) is 12.1 Å². The maximum atomic E-state index is 13.0. The van der Waals surface area contributed by atoms with Crippen molar-refractivity contribution in [1.29, 1.82) is 0 Å². The molecule has 0 fully saturated rings. The summed E-state index contributed by atoms with van der Waals surface area (Å²) in [6.07, 6.45) is -0.190. The molecule has 0 unspecified atom stereocenters. The minimum atomic E-state index is -0.743. The van der Waals surface area contributed by atoms with Gasteiger partial charge in [0.25, 0.3) is 0 Å². The van der Waals surface area contributed by atoms with Crippen LogP contribution in [0.1, 0.15) is 12.0 Å². The van der Waals surface area contributed by atoms with Crippen molar-refractivity contribution in [1.82, 2.24) is 0 Å². The lowest BCUT2D eigenvalue weighted by molar-refractivity contribution is -0.139. The molecule has 0 saturated heterocycles. The molecule has 0 saturated carbocycles. The SMILES string of the molecule is COC(=O)CC#Cc1c(F)cccc1F. The zero-order valence-electron chi connectivity index (χ0n) is 8.01. The number of hydrogen-bond acceptors (Lipinski definition) is 2. The second-order valence-electron chi connectivity index (χ2n) is 2.65. The molecule has 1 aromatic carbocycles. The molecule has 1 rings (SSSR count). The Labute approximate surface area is 85.9 Å². The number of methoxy groups -OCH3 is 1. The van der Waals surface area contributed by atoms with E-state index in [2.05, 4.69) is 16.6 Å². The molecule has 0 aromatic heterocycles. The van der Waals surface area contributed by atoms with Gasteiger partial charge >= 0.3 is 5.97 Å². The van der Waals surface area contributed by atoms with E-state index in [1.165, 1.54) is 13.2 Å². The Morgan fingerprint density at radius 2 is 2.00 bits per heavy atom. The average Bonchev–Trinajstić information content (AvgIpc) is 2.22. The van der Waals surface area contributed by atoms with E-state index >= 15 is 0 Å². The van der Waals surface area contributed by atoms with Gasteiger partial charge in [-0.3, -0.25) is 4.79 Å². The minimum absolute atomic E-state index is 0.190. The van der Waals surface area contributed by atoms with Crippen LogP contribution >= 0.6 is 0 Å². The van der Waals surface area contributed by atoms with Crippen molar-refractivity contribution in [2.24, 2.45) is 0 Å². The Balaban J connectivity index is 2.84. The molecule has 0 aliphatic carbocycles. The second-order valence-corrected chi connectivity index (χ2v) is 2.65. The summed E-state index contributed by atoms with van der Waals surface area (Å²) in [4.78, 5) is 10.7. The van der Waals surface area contributed by atoms with E-state index in [0.29, 0.717) is 0 Å². The Morgan fingerprint density at radius 3 is 2.53 bits per heavy atom. The molecule has 0 amide bonds. The van der Waals surface area contributed by atoms with Crippen LogP contribution in [0.4, 0.5) is 8.78 Å². The Hall–Kier alpha value is -1.89. The molecule has 0 heterocycles. The van der Waals surface area contributed by atoms with Gasteiger partial charge in [-0.1, -0.05) is 17.9 Å². The van der Waals surface area contributed by atoms with Crippen LogP contribution in [0.3, 0.4) is 0 Å². The monoisotopic (exact) mass is 210 g/mol. The largest absolute Gasteiger partial charge is 0.468 e. The first-order valence-electron chi connectivity index (χ1n) is 4.15. The van der Waals surface area contributed by atoms with Crippen molar-refractivity contribution in [3.8, 4) is 11.8 Å². The van der Waals surface area contributed by atoms with E-state index in [1.54, 1.807) is 0 Å². The number of hydrogen-bond donors (Lipinski definition) is 0. The fourth-order valence-electron chi connectivity index (χ4n) is 0.894. The first kappa shape index (κ1) is 11.2. The van der Waals surface area contributed by atoms with E-state index in [0.717, 1.165) is 12.1 Å². The number of carbonyl (C=O) groups is 1. The van der Waals surface area contributed by atoms with Crippen LogP contribution in [0, 0.1) is 23.5 Å². The summed E-state index contributed by atoms with van der Waals surface area (Å²) in [5.41, 5.74) is -0.332. The minimum Gasteiger partial charge on any atom is -0.468 e. The summed E-state index contributed by atoms with van der Waals surface area (Å²) in [6.45, 7) is 0. The van der Waals surface area contributed by atoms with Crippen molar-refractivity contribution in [3.63, 3.8) is 0 Å². The highest BCUT2D eigenvalue weighted by Crippen LogP contribution is 2.09. The average molecular weight is 210 g/mol. The molecule has 78 valence electrons. The molecule has 0 N–H and O–H groups in total. The summed E-state index contributed by atoms with van der Waals surface area (Å²) in [5.74, 6) is 2.55. The Morgan fingerprint density at radius 1 is 1.40 bits per heavy atom. The van der Waals surface area contributed by atoms with Gasteiger partial charge in [0.1, 0.15) is 18.1 Å². The molecule has 0 aliphatic heterocycles. The van der Waals surface area contributed by atoms with Crippen molar-refractivity contribution in [3.05, 3.63) is 35.4 Å². The maximum Gasteiger partial charge on any atom is 0.317 e. The normalized spacial score (nSPS) is 9.00. The molecule has 4 heteroatoms. The maximum absolute atomic E-state index is 13.0. The van der Waals surface area contributed by atoms with Gasteiger partial charge in [0.15, 0.2) is 0 Å². The first-order chi connectivity index (χ1) is 7.15. The number of esters is 1. The van der Waals surface area contributed by atoms with Crippen molar-refractivity contribution in [2.45, 2.75) is 6.42 Å². The van der Waals surface area contributed by atoms with Crippen LogP contribution in [0.25, 0.3) is 0 Å². The molecule has 0 atom stereocenters. The molecule has 0 radical (unpaired) electrons. The molecular weight excluding hydrogens is 202 g/mol. The Bertz CT molecular complexity index is 410. The van der Waals surface area contributed by atoms with Gasteiger partial charge in [0, 0.05) is 0 Å². The van der Waals surface area contributed by atoms with Gasteiger partial charge in [-0.15, -0.1) is 0 Å². The fraction of sp³-hybridized carbons (Fsp3) is 0.182. The lowest BCUT2D eigenvalue weighted by Gasteiger charge is -1.95. The molecule has 0 aliphatic rings. The number of benzene rings is 1. The lowest BCUT2D eigenvalue weighted by atomic mass is 10.2. The van der Waals surface area contributed by atoms with Crippen LogP contribution in [-0.2, 0) is 9.53 Å². The number of carbonyl (C=O) groups excluding carboxylic acids is 1. The van der Waals surface area contributed by atoms with Crippen LogP contribution in [0.5, 0.6) is 0 Å². The quantitative estimate of drug-likeness (QED) is 0.522. The van der Waals surface area contributed by atoms with Crippen LogP contribution in [0.2, 0.25) is 0 Å². The smallest absolute Gasteiger partial charge is 0.317 e. The van der Waals surface area contributed by atoms with Crippen molar-refractivity contribution >= 4 is 5.97 Å². The zero-order chi connectivity index (χ0) is 11.3. The summed E-state index contributed by atoms with van der Waals surface area (Å²) in [5, 5.41) is 0. The van der Waals surface area contributed by atoms with E-state index in [4.69, 9.17) is 0 Å². The van der Waals surface area contributed by atoms with E-state index in [-0.39, 0.29) is 12.0 Å². The van der Waals surface area contributed by atoms with Crippen molar-refractivity contribution in [2.75, 3.05) is 7.11 Å². The van der Waals surface area contributed by atoms with Crippen LogP contribution in [-0.4, -0.2) is 13.1 Å². The molecule has 1 aromatic rings. The van der Waals surface area contributed by atoms with Gasteiger partial charge in [0.2, 0.25) is 0 Å². The number of ether oxygens (including phenoxy) is 1. The second kappa shape index (κ2) is 5.11. The third kappa shape index (κ3) is 3.06. The van der Waals surface area contributed by atoms with E-state index in [1.807, 2.05) is 0 Å². The third-order valence-electron chi connectivity index (χ3n) is 1.64. The van der Waals surface area contributed by atoms with Crippen molar-refractivity contribution < 1.29 is 18.3 Å². The molecular formula is C11H8F2O2. The molecule has 0 spiro atoms. The van der Waals surface area contributed by atoms with Gasteiger partial charge in [-0.2, -0.15) is 0 Å². The molecule has 0 bridgehead atoms.